The van der Waals surface area contributed by atoms with Crippen LogP contribution >= 0.6 is 11.8 Å². The van der Waals surface area contributed by atoms with Gasteiger partial charge in [-0.25, -0.2) is 0 Å². The van der Waals surface area contributed by atoms with Crippen molar-refractivity contribution in [2.24, 2.45) is 11.7 Å². The number of primary amides is 1. The lowest BCUT2D eigenvalue weighted by atomic mass is 9.95. The topological polar surface area (TPSA) is 72.6 Å². The average molecular weight is 493 g/mol. The summed E-state index contributed by atoms with van der Waals surface area (Å²) in [5, 5.41) is 0. The Morgan fingerprint density at radius 1 is 1.03 bits per heavy atom. The summed E-state index contributed by atoms with van der Waals surface area (Å²) in [6.07, 6.45) is 7.51. The Balaban J connectivity index is 1.38. The zero-order valence-corrected chi connectivity index (χ0v) is 21.1. The normalized spacial score (nSPS) is 23.2. The Morgan fingerprint density at radius 3 is 2.46 bits per heavy atom. The summed E-state index contributed by atoms with van der Waals surface area (Å²) in [4.78, 5) is 26.4. The average Bonchev–Trinajstić information content (AvgIpc) is 3.20. The van der Waals surface area contributed by atoms with Gasteiger partial charge in [0.2, 0.25) is 5.91 Å². The summed E-state index contributed by atoms with van der Waals surface area (Å²) in [6.45, 7) is 2.44. The molecule has 1 amide bonds. The molecule has 2 aliphatic rings. The maximum Gasteiger partial charge on any atom is 0.217 e. The monoisotopic (exact) mass is 492 g/mol. The van der Waals surface area contributed by atoms with Gasteiger partial charge in [0.25, 0.3) is 0 Å². The second-order valence-electron chi connectivity index (χ2n) is 9.41. The second kappa shape index (κ2) is 13.1. The van der Waals surface area contributed by atoms with Crippen LogP contribution in [0.25, 0.3) is 11.1 Å². The molecule has 2 fully saturated rings. The number of Topliss-reactive ketones (excluding diaryl/α,β-unsaturated/α-hetero) is 1. The number of hydrogen-bond acceptors (Lipinski definition) is 5. The molecule has 0 aromatic heterocycles. The van der Waals surface area contributed by atoms with Gasteiger partial charge in [0.1, 0.15) is 0 Å². The molecule has 186 valence electrons. The van der Waals surface area contributed by atoms with Gasteiger partial charge in [-0.15, -0.1) is 0 Å². The molecule has 1 aliphatic heterocycles. The molecule has 5 nitrogen and oxygen atoms in total. The first-order valence-electron chi connectivity index (χ1n) is 12.7. The van der Waals surface area contributed by atoms with Crippen LogP contribution in [0.15, 0.2) is 66.7 Å². The van der Waals surface area contributed by atoms with Gasteiger partial charge in [0.05, 0.1) is 18.8 Å². The minimum absolute atomic E-state index is 0.0587. The van der Waals surface area contributed by atoms with Crippen molar-refractivity contribution in [1.82, 2.24) is 4.90 Å². The van der Waals surface area contributed by atoms with Crippen molar-refractivity contribution in [2.75, 3.05) is 24.6 Å². The number of carbonyl (C=O) groups is 2. The van der Waals surface area contributed by atoms with Crippen LogP contribution in [-0.2, 0) is 20.9 Å². The van der Waals surface area contributed by atoms with Crippen molar-refractivity contribution in [2.45, 2.75) is 50.9 Å². The Kier molecular flexibility index (Phi) is 9.57. The molecule has 0 bridgehead atoms. The lowest BCUT2D eigenvalue weighted by molar-refractivity contribution is -0.122. The molecule has 0 spiro atoms. The van der Waals surface area contributed by atoms with Crippen molar-refractivity contribution in [3.63, 3.8) is 0 Å². The highest BCUT2D eigenvalue weighted by Crippen LogP contribution is 2.35. The van der Waals surface area contributed by atoms with E-state index in [2.05, 4.69) is 53.5 Å². The lowest BCUT2D eigenvalue weighted by Crippen LogP contribution is -2.47. The molecular weight excluding hydrogens is 456 g/mol. The van der Waals surface area contributed by atoms with E-state index >= 15 is 0 Å². The number of amides is 1. The van der Waals surface area contributed by atoms with Gasteiger partial charge < -0.3 is 10.5 Å². The van der Waals surface area contributed by atoms with Gasteiger partial charge in [-0.3, -0.25) is 14.5 Å². The predicted molar refractivity (Wildman–Crippen MR) is 143 cm³/mol. The molecule has 1 saturated carbocycles. The number of nitrogens with two attached hydrogens (primary N) is 1. The zero-order chi connectivity index (χ0) is 24.5. The first-order chi connectivity index (χ1) is 17.1. The van der Waals surface area contributed by atoms with E-state index in [0.717, 1.165) is 49.4 Å². The molecular formula is C29H36N2O3S. The summed E-state index contributed by atoms with van der Waals surface area (Å²) < 4.78 is 6.40. The summed E-state index contributed by atoms with van der Waals surface area (Å²) in [7, 11) is 0. The zero-order valence-electron chi connectivity index (χ0n) is 20.3. The standard InChI is InChI=1S/C29H36N2O3S/c30-28(33)11-7-2-1-6-10-25-27(20-26(32)29(25)31-16-18-35-19-17-31)34-21-22-12-14-24(15-13-22)23-8-4-3-5-9-23/h1,3-6,8-9,12-15,25,27,29H,2,7,10-11,16-21H2,(H2,30,33)/t25-,27-,29+/m0/s1. The van der Waals surface area contributed by atoms with Crippen LogP contribution in [0.4, 0.5) is 0 Å². The fraction of sp³-hybridized carbons (Fsp3) is 0.448. The molecule has 2 aromatic carbocycles. The predicted octanol–water partition coefficient (Wildman–Crippen LogP) is 4.85. The fourth-order valence-electron chi connectivity index (χ4n) is 5.10. The number of allylic oxidation sites excluding steroid dienone is 2. The quantitative estimate of drug-likeness (QED) is 0.359. The molecule has 3 atom stereocenters. The van der Waals surface area contributed by atoms with Crippen LogP contribution in [0.2, 0.25) is 0 Å². The van der Waals surface area contributed by atoms with Crippen molar-refractivity contribution < 1.29 is 14.3 Å². The lowest BCUT2D eigenvalue weighted by Gasteiger charge is -2.35. The van der Waals surface area contributed by atoms with E-state index in [9.17, 15) is 9.59 Å². The summed E-state index contributed by atoms with van der Waals surface area (Å²) in [5.74, 6) is 2.38. The van der Waals surface area contributed by atoms with Gasteiger partial charge in [-0.1, -0.05) is 66.7 Å². The molecule has 1 heterocycles. The highest BCUT2D eigenvalue weighted by atomic mass is 32.2. The van der Waals surface area contributed by atoms with Gasteiger partial charge in [0.15, 0.2) is 5.78 Å². The molecule has 1 aliphatic carbocycles. The Hall–Kier alpha value is -2.41. The number of unbranched alkanes of at least 4 members (excludes halogenated alkanes) is 1. The molecule has 6 heteroatoms. The maximum absolute atomic E-state index is 13.1. The number of carbonyl (C=O) groups excluding carboxylic acids is 2. The molecule has 0 unspecified atom stereocenters. The Labute approximate surface area is 213 Å². The fourth-order valence-corrected chi connectivity index (χ4v) is 6.03. The minimum atomic E-state index is -0.256. The number of benzene rings is 2. The van der Waals surface area contributed by atoms with Crippen LogP contribution in [0.5, 0.6) is 0 Å². The highest BCUT2D eigenvalue weighted by Gasteiger charge is 2.45. The third-order valence-corrected chi connectivity index (χ3v) is 7.89. The van der Waals surface area contributed by atoms with Crippen LogP contribution in [0, 0.1) is 5.92 Å². The third-order valence-electron chi connectivity index (χ3n) is 6.95. The van der Waals surface area contributed by atoms with Gasteiger partial charge >= 0.3 is 0 Å². The van der Waals surface area contributed by atoms with Crippen molar-refractivity contribution in [3.8, 4) is 11.1 Å². The minimum Gasteiger partial charge on any atom is -0.373 e. The van der Waals surface area contributed by atoms with E-state index in [1.165, 1.54) is 11.1 Å². The van der Waals surface area contributed by atoms with Gasteiger partial charge in [-0.2, -0.15) is 11.8 Å². The van der Waals surface area contributed by atoms with E-state index in [0.29, 0.717) is 25.2 Å². The molecule has 2 N–H and O–H groups in total. The summed E-state index contributed by atoms with van der Waals surface area (Å²) >= 11 is 1.96. The van der Waals surface area contributed by atoms with Gasteiger partial charge in [-0.05, 0) is 36.0 Å². The van der Waals surface area contributed by atoms with E-state index < -0.39 is 0 Å². The Bertz CT molecular complexity index is 987. The van der Waals surface area contributed by atoms with Crippen molar-refractivity contribution in [1.29, 1.82) is 0 Å². The second-order valence-corrected chi connectivity index (χ2v) is 10.6. The Morgan fingerprint density at radius 2 is 1.74 bits per heavy atom. The van der Waals surface area contributed by atoms with Crippen LogP contribution in [0.1, 0.15) is 37.7 Å². The van der Waals surface area contributed by atoms with Crippen molar-refractivity contribution >= 4 is 23.5 Å². The molecule has 4 rings (SSSR count). The van der Waals surface area contributed by atoms with E-state index in [-0.39, 0.29) is 24.0 Å². The van der Waals surface area contributed by atoms with E-state index in [1.54, 1.807) is 0 Å². The van der Waals surface area contributed by atoms with Crippen LogP contribution in [-0.4, -0.2) is 53.3 Å². The molecule has 35 heavy (non-hydrogen) atoms. The number of nitrogens with zero attached hydrogens (tertiary/aromatic N) is 1. The smallest absolute Gasteiger partial charge is 0.217 e. The number of thioether (sulfide) groups is 1. The number of hydrogen-bond donors (Lipinski definition) is 1. The largest absolute Gasteiger partial charge is 0.373 e. The number of ether oxygens (including phenoxy) is 1. The van der Waals surface area contributed by atoms with Crippen LogP contribution in [0.3, 0.4) is 0 Å². The number of ketones is 1. The first kappa shape index (κ1) is 25.7. The summed E-state index contributed by atoms with van der Waals surface area (Å²) in [6, 6.07) is 18.8. The highest BCUT2D eigenvalue weighted by molar-refractivity contribution is 7.99. The molecule has 0 radical (unpaired) electrons. The van der Waals surface area contributed by atoms with E-state index in [4.69, 9.17) is 10.5 Å². The summed E-state index contributed by atoms with van der Waals surface area (Å²) in [5.41, 5.74) is 8.75. The number of rotatable bonds is 11. The molecule has 2 aromatic rings. The van der Waals surface area contributed by atoms with Crippen LogP contribution < -0.4 is 5.73 Å². The third kappa shape index (κ3) is 7.29. The first-order valence-corrected chi connectivity index (χ1v) is 13.8. The van der Waals surface area contributed by atoms with Gasteiger partial charge in [0, 0.05) is 43.4 Å². The van der Waals surface area contributed by atoms with Crippen molar-refractivity contribution in [3.05, 3.63) is 72.3 Å². The van der Waals surface area contributed by atoms with E-state index in [1.807, 2.05) is 30.0 Å². The maximum atomic E-state index is 13.1. The SMILES string of the molecule is NC(=O)CCCC=CC[C@H]1[C@@H](OCc2ccc(-c3ccccc3)cc2)CC(=O)[C@@H]1N1CCSCC1. The molecule has 1 saturated heterocycles.